The maximum Gasteiger partial charge on any atom is 0.274 e. The van der Waals surface area contributed by atoms with Crippen LogP contribution < -0.4 is 5.32 Å². The Morgan fingerprint density at radius 1 is 1.24 bits per heavy atom. The molecule has 6 nitrogen and oxygen atoms in total. The van der Waals surface area contributed by atoms with Crippen LogP contribution in [0.3, 0.4) is 0 Å². The molecule has 0 aromatic carbocycles. The van der Waals surface area contributed by atoms with Crippen molar-refractivity contribution in [3.8, 4) is 0 Å². The third-order valence-corrected chi connectivity index (χ3v) is 7.52. The summed E-state index contributed by atoms with van der Waals surface area (Å²) in [6, 6.07) is 5.44. The van der Waals surface area contributed by atoms with E-state index in [-0.39, 0.29) is 11.8 Å². The zero-order chi connectivity index (χ0) is 20.8. The number of aromatic nitrogens is 2. The van der Waals surface area contributed by atoms with Gasteiger partial charge in [0, 0.05) is 25.8 Å². The fourth-order valence-corrected chi connectivity index (χ4v) is 5.49. The summed E-state index contributed by atoms with van der Waals surface area (Å²) in [6.07, 6.45) is 5.47. The SMILES string of the molecule is CCN(CC)C(=O)c1cn2c(C(=O)NC[C@@H]3CC[C@H]4C[C@@H]3C4(C)C)cccc2n1. The number of nitrogens with zero attached hydrogens (tertiary/aromatic N) is 3. The molecule has 3 fully saturated rings. The lowest BCUT2D eigenvalue weighted by Gasteiger charge is -2.60. The highest BCUT2D eigenvalue weighted by molar-refractivity contribution is 5.95. The minimum atomic E-state index is -0.103. The first-order valence-electron chi connectivity index (χ1n) is 10.9. The van der Waals surface area contributed by atoms with Crippen molar-refractivity contribution >= 4 is 17.5 Å². The highest BCUT2D eigenvalue weighted by atomic mass is 16.2. The Morgan fingerprint density at radius 3 is 2.66 bits per heavy atom. The van der Waals surface area contributed by atoms with Gasteiger partial charge in [-0.3, -0.25) is 14.0 Å². The summed E-state index contributed by atoms with van der Waals surface area (Å²) in [5, 5.41) is 3.15. The van der Waals surface area contributed by atoms with E-state index in [1.165, 1.54) is 19.3 Å². The number of carbonyl (C=O) groups excluding carboxylic acids is 2. The topological polar surface area (TPSA) is 66.7 Å². The summed E-state index contributed by atoms with van der Waals surface area (Å²) in [6.45, 7) is 10.6. The average Bonchev–Trinajstić information content (AvgIpc) is 3.17. The van der Waals surface area contributed by atoms with Gasteiger partial charge >= 0.3 is 0 Å². The van der Waals surface area contributed by atoms with Gasteiger partial charge in [-0.05, 0) is 68.4 Å². The molecular formula is C23H32N4O2. The lowest BCUT2D eigenvalue weighted by molar-refractivity contribution is -0.103. The number of hydrogen-bond donors (Lipinski definition) is 1. The predicted molar refractivity (Wildman–Crippen MR) is 113 cm³/mol. The zero-order valence-electron chi connectivity index (χ0n) is 17.9. The van der Waals surface area contributed by atoms with Gasteiger partial charge in [-0.25, -0.2) is 4.98 Å². The van der Waals surface area contributed by atoms with Crippen molar-refractivity contribution in [2.45, 2.75) is 47.0 Å². The van der Waals surface area contributed by atoms with E-state index in [1.807, 2.05) is 26.0 Å². The number of carbonyl (C=O) groups is 2. The molecule has 3 aliphatic carbocycles. The lowest BCUT2D eigenvalue weighted by atomic mass is 9.45. The molecule has 5 rings (SSSR count). The van der Waals surface area contributed by atoms with Gasteiger partial charge < -0.3 is 10.2 Å². The summed E-state index contributed by atoms with van der Waals surface area (Å²) in [7, 11) is 0. The molecule has 2 amide bonds. The highest BCUT2D eigenvalue weighted by Crippen LogP contribution is 2.61. The summed E-state index contributed by atoms with van der Waals surface area (Å²) in [5.74, 6) is 1.92. The molecule has 3 aliphatic rings. The molecule has 29 heavy (non-hydrogen) atoms. The first kappa shape index (κ1) is 19.9. The minimum Gasteiger partial charge on any atom is -0.350 e. The van der Waals surface area contributed by atoms with Crippen molar-refractivity contribution in [3.63, 3.8) is 0 Å². The summed E-state index contributed by atoms with van der Waals surface area (Å²) in [5.41, 5.74) is 1.94. The average molecular weight is 397 g/mol. The van der Waals surface area contributed by atoms with Gasteiger partial charge in [-0.2, -0.15) is 0 Å². The Hall–Kier alpha value is -2.37. The van der Waals surface area contributed by atoms with Crippen LogP contribution in [0.25, 0.3) is 5.65 Å². The molecule has 0 radical (unpaired) electrons. The molecule has 0 spiro atoms. The number of imidazole rings is 1. The smallest absolute Gasteiger partial charge is 0.274 e. The number of nitrogens with one attached hydrogen (secondary N) is 1. The van der Waals surface area contributed by atoms with Crippen LogP contribution in [0, 0.1) is 23.2 Å². The maximum atomic E-state index is 13.0. The molecular weight excluding hydrogens is 364 g/mol. The quantitative estimate of drug-likeness (QED) is 0.811. The van der Waals surface area contributed by atoms with Crippen LogP contribution in [0.15, 0.2) is 24.4 Å². The van der Waals surface area contributed by atoms with E-state index < -0.39 is 0 Å². The molecule has 2 aromatic rings. The monoisotopic (exact) mass is 396 g/mol. The molecule has 0 saturated heterocycles. The third-order valence-electron chi connectivity index (χ3n) is 7.52. The van der Waals surface area contributed by atoms with Gasteiger partial charge in [0.1, 0.15) is 17.0 Å². The normalized spacial score (nSPS) is 24.8. The van der Waals surface area contributed by atoms with Crippen molar-refractivity contribution in [1.82, 2.24) is 19.6 Å². The van der Waals surface area contributed by atoms with Crippen molar-refractivity contribution in [2.24, 2.45) is 23.2 Å². The lowest BCUT2D eigenvalue weighted by Crippen LogP contribution is -2.54. The Labute approximate surface area is 172 Å². The number of fused-ring (bicyclic) bond motifs is 3. The zero-order valence-corrected chi connectivity index (χ0v) is 17.9. The fraction of sp³-hybridized carbons (Fsp3) is 0.609. The van der Waals surface area contributed by atoms with Crippen LogP contribution in [0.5, 0.6) is 0 Å². The number of pyridine rings is 1. The van der Waals surface area contributed by atoms with Gasteiger partial charge in [0.05, 0.1) is 0 Å². The molecule has 2 bridgehead atoms. The van der Waals surface area contributed by atoms with Gasteiger partial charge in [-0.15, -0.1) is 0 Å². The van der Waals surface area contributed by atoms with E-state index in [4.69, 9.17) is 0 Å². The summed E-state index contributed by atoms with van der Waals surface area (Å²) < 4.78 is 1.73. The fourth-order valence-electron chi connectivity index (χ4n) is 5.49. The Balaban J connectivity index is 1.50. The molecule has 6 heteroatoms. The first-order chi connectivity index (χ1) is 13.9. The Kier molecular flexibility index (Phi) is 5.13. The van der Waals surface area contributed by atoms with Gasteiger partial charge in [-0.1, -0.05) is 19.9 Å². The van der Waals surface area contributed by atoms with Crippen molar-refractivity contribution < 1.29 is 9.59 Å². The number of amides is 2. The van der Waals surface area contributed by atoms with Gasteiger partial charge in [0.25, 0.3) is 11.8 Å². The van der Waals surface area contributed by atoms with E-state index in [2.05, 4.69) is 24.1 Å². The van der Waals surface area contributed by atoms with E-state index in [0.717, 1.165) is 12.5 Å². The highest BCUT2D eigenvalue weighted by Gasteiger charge is 2.53. The third kappa shape index (κ3) is 3.32. The largest absolute Gasteiger partial charge is 0.350 e. The maximum absolute atomic E-state index is 13.0. The second-order valence-electron chi connectivity index (χ2n) is 9.15. The predicted octanol–water partition coefficient (Wildman–Crippen LogP) is 3.62. The van der Waals surface area contributed by atoms with Crippen molar-refractivity contribution in [2.75, 3.05) is 19.6 Å². The molecule has 3 atom stereocenters. The molecule has 156 valence electrons. The standard InChI is InChI=1S/C23H32N4O2/c1-5-26(6-2)22(29)18-14-27-19(8-7-9-20(27)25-18)21(28)24-13-15-10-11-16-12-17(15)23(16,3)4/h7-9,14-17H,5-6,10-13H2,1-4H3,(H,24,28)/t15-,16-,17-/m0/s1. The van der Waals surface area contributed by atoms with E-state index in [1.54, 1.807) is 21.6 Å². The second kappa shape index (κ2) is 7.47. The van der Waals surface area contributed by atoms with Crippen molar-refractivity contribution in [3.05, 3.63) is 35.8 Å². The van der Waals surface area contributed by atoms with Gasteiger partial charge in [0.2, 0.25) is 0 Å². The van der Waals surface area contributed by atoms with Crippen LogP contribution in [-0.4, -0.2) is 45.7 Å². The van der Waals surface area contributed by atoms with Crippen LogP contribution in [0.2, 0.25) is 0 Å². The summed E-state index contributed by atoms with van der Waals surface area (Å²) in [4.78, 5) is 31.8. The molecule has 1 N–H and O–H groups in total. The minimum absolute atomic E-state index is 0.103. The first-order valence-corrected chi connectivity index (χ1v) is 10.9. The van der Waals surface area contributed by atoms with E-state index >= 15 is 0 Å². The van der Waals surface area contributed by atoms with Crippen LogP contribution in [0.4, 0.5) is 0 Å². The Bertz CT molecular complexity index is 926. The van der Waals surface area contributed by atoms with Crippen molar-refractivity contribution in [1.29, 1.82) is 0 Å². The Morgan fingerprint density at radius 2 is 2.00 bits per heavy atom. The summed E-state index contributed by atoms with van der Waals surface area (Å²) >= 11 is 0. The van der Waals surface area contributed by atoms with E-state index in [9.17, 15) is 9.59 Å². The molecule has 0 unspecified atom stereocenters. The second-order valence-corrected chi connectivity index (χ2v) is 9.15. The number of hydrogen-bond acceptors (Lipinski definition) is 3. The van der Waals surface area contributed by atoms with Crippen LogP contribution >= 0.6 is 0 Å². The van der Waals surface area contributed by atoms with Gasteiger partial charge in [0.15, 0.2) is 0 Å². The molecule has 3 saturated carbocycles. The molecule has 2 aromatic heterocycles. The molecule has 0 aliphatic heterocycles. The van der Waals surface area contributed by atoms with Crippen LogP contribution in [0.1, 0.15) is 67.9 Å². The van der Waals surface area contributed by atoms with Crippen LogP contribution in [-0.2, 0) is 0 Å². The number of rotatable bonds is 6. The molecule has 2 heterocycles. The van der Waals surface area contributed by atoms with E-state index in [0.29, 0.717) is 47.4 Å².